The van der Waals surface area contributed by atoms with Crippen LogP contribution in [-0.2, 0) is 0 Å². The number of nitrogens with two attached hydrogens (primary N) is 1. The van der Waals surface area contributed by atoms with E-state index in [9.17, 15) is 0 Å². The lowest BCUT2D eigenvalue weighted by molar-refractivity contribution is 0.244. The fraction of sp³-hybridized carbons (Fsp3) is 0.625. The lowest BCUT2D eigenvalue weighted by Gasteiger charge is -2.37. The summed E-state index contributed by atoms with van der Waals surface area (Å²) < 4.78 is 0. The summed E-state index contributed by atoms with van der Waals surface area (Å²) in [4.78, 5) is 5.00. The largest absolute Gasteiger partial charge is 0.397 e. The quantitative estimate of drug-likeness (QED) is 0.846. The van der Waals surface area contributed by atoms with Crippen molar-refractivity contribution in [3.05, 3.63) is 23.8 Å². The van der Waals surface area contributed by atoms with Crippen molar-refractivity contribution in [1.82, 2.24) is 4.90 Å². The second-order valence-electron chi connectivity index (χ2n) is 6.07. The second-order valence-corrected chi connectivity index (χ2v) is 6.07. The monoisotopic (exact) mass is 261 g/mol. The Morgan fingerprint density at radius 2 is 1.84 bits per heavy atom. The third kappa shape index (κ3) is 3.87. The third-order valence-electron chi connectivity index (χ3n) is 3.92. The van der Waals surface area contributed by atoms with Gasteiger partial charge in [-0.2, -0.15) is 0 Å². The molecule has 0 saturated carbocycles. The summed E-state index contributed by atoms with van der Waals surface area (Å²) in [7, 11) is 0. The Hall–Kier alpha value is -1.22. The molecule has 0 atom stereocenters. The van der Waals surface area contributed by atoms with Crippen molar-refractivity contribution in [1.29, 1.82) is 0 Å². The molecule has 0 unspecified atom stereocenters. The van der Waals surface area contributed by atoms with Crippen molar-refractivity contribution in [3.63, 3.8) is 0 Å². The normalized spacial score (nSPS) is 17.2. The Bertz CT molecular complexity index is 406. The number of benzene rings is 1. The third-order valence-corrected chi connectivity index (χ3v) is 3.92. The zero-order chi connectivity index (χ0) is 13.8. The van der Waals surface area contributed by atoms with E-state index in [2.05, 4.69) is 42.7 Å². The van der Waals surface area contributed by atoms with Crippen LogP contribution in [0.25, 0.3) is 0 Å². The summed E-state index contributed by atoms with van der Waals surface area (Å²) in [6.07, 6.45) is 1.30. The van der Waals surface area contributed by atoms with Gasteiger partial charge in [0.1, 0.15) is 0 Å². The van der Waals surface area contributed by atoms with Gasteiger partial charge in [0.25, 0.3) is 0 Å². The number of aryl methyl sites for hydroxylation is 1. The SMILES string of the molecule is Cc1ccc(N)c(N2CCN(CCC(C)C)CC2)c1. The summed E-state index contributed by atoms with van der Waals surface area (Å²) in [5, 5.41) is 0. The van der Waals surface area contributed by atoms with Crippen molar-refractivity contribution >= 4 is 11.4 Å². The lowest BCUT2D eigenvalue weighted by atomic mass is 10.1. The molecule has 2 N–H and O–H groups in total. The molecule has 0 bridgehead atoms. The van der Waals surface area contributed by atoms with Crippen LogP contribution in [-0.4, -0.2) is 37.6 Å². The predicted molar refractivity (Wildman–Crippen MR) is 83.7 cm³/mol. The summed E-state index contributed by atoms with van der Waals surface area (Å²) >= 11 is 0. The summed E-state index contributed by atoms with van der Waals surface area (Å²) in [6.45, 7) is 12.4. The zero-order valence-corrected chi connectivity index (χ0v) is 12.5. The molecule has 1 aromatic rings. The highest BCUT2D eigenvalue weighted by molar-refractivity contribution is 5.68. The van der Waals surface area contributed by atoms with Gasteiger partial charge in [-0.1, -0.05) is 19.9 Å². The molecule has 19 heavy (non-hydrogen) atoms. The smallest absolute Gasteiger partial charge is 0.0603 e. The van der Waals surface area contributed by atoms with E-state index in [4.69, 9.17) is 5.73 Å². The minimum Gasteiger partial charge on any atom is -0.397 e. The molecule has 2 rings (SSSR count). The molecule has 1 aliphatic rings. The van der Waals surface area contributed by atoms with Gasteiger partial charge in [0.2, 0.25) is 0 Å². The lowest BCUT2D eigenvalue weighted by Crippen LogP contribution is -2.47. The van der Waals surface area contributed by atoms with Crippen LogP contribution in [0, 0.1) is 12.8 Å². The van der Waals surface area contributed by atoms with E-state index in [1.807, 2.05) is 6.07 Å². The van der Waals surface area contributed by atoms with Crippen LogP contribution in [0.5, 0.6) is 0 Å². The minimum absolute atomic E-state index is 0.797. The first-order chi connectivity index (χ1) is 9.06. The van der Waals surface area contributed by atoms with Crippen LogP contribution < -0.4 is 10.6 Å². The van der Waals surface area contributed by atoms with Crippen molar-refractivity contribution in [2.75, 3.05) is 43.4 Å². The van der Waals surface area contributed by atoms with E-state index in [0.29, 0.717) is 0 Å². The number of piperazine rings is 1. The fourth-order valence-electron chi connectivity index (χ4n) is 2.58. The van der Waals surface area contributed by atoms with Crippen LogP contribution in [0.2, 0.25) is 0 Å². The minimum atomic E-state index is 0.797. The molecule has 1 aliphatic heterocycles. The van der Waals surface area contributed by atoms with Crippen molar-refractivity contribution in [2.24, 2.45) is 5.92 Å². The van der Waals surface area contributed by atoms with Crippen LogP contribution >= 0.6 is 0 Å². The van der Waals surface area contributed by atoms with Gasteiger partial charge in [-0.15, -0.1) is 0 Å². The van der Waals surface area contributed by atoms with Crippen molar-refractivity contribution in [2.45, 2.75) is 27.2 Å². The standard InChI is InChI=1S/C16H27N3/c1-13(2)6-7-18-8-10-19(11-9-18)16-12-14(3)4-5-15(16)17/h4-5,12-13H,6-11,17H2,1-3H3. The molecule has 0 aliphatic carbocycles. The molecule has 3 heteroatoms. The Labute approximate surface area is 117 Å². The van der Waals surface area contributed by atoms with Gasteiger partial charge in [0.05, 0.1) is 11.4 Å². The van der Waals surface area contributed by atoms with Crippen LogP contribution in [0.1, 0.15) is 25.8 Å². The maximum Gasteiger partial charge on any atom is 0.0603 e. The number of rotatable bonds is 4. The number of nitrogens with zero attached hydrogens (tertiary/aromatic N) is 2. The average molecular weight is 261 g/mol. The highest BCUT2D eigenvalue weighted by Crippen LogP contribution is 2.25. The topological polar surface area (TPSA) is 32.5 Å². The summed E-state index contributed by atoms with van der Waals surface area (Å²) in [5.74, 6) is 0.797. The van der Waals surface area contributed by atoms with Gasteiger partial charge in [-0.25, -0.2) is 0 Å². The molecule has 0 amide bonds. The fourth-order valence-corrected chi connectivity index (χ4v) is 2.58. The molecule has 1 saturated heterocycles. The molecule has 1 aromatic carbocycles. The maximum absolute atomic E-state index is 6.10. The summed E-state index contributed by atoms with van der Waals surface area (Å²) in [6, 6.07) is 6.31. The van der Waals surface area contributed by atoms with E-state index in [-0.39, 0.29) is 0 Å². The van der Waals surface area contributed by atoms with Crippen molar-refractivity contribution < 1.29 is 0 Å². The molecule has 1 heterocycles. The second kappa shape index (κ2) is 6.29. The van der Waals surface area contributed by atoms with Gasteiger partial charge >= 0.3 is 0 Å². The first-order valence-electron chi connectivity index (χ1n) is 7.39. The molecular weight excluding hydrogens is 234 g/mol. The molecule has 3 nitrogen and oxygen atoms in total. The van der Waals surface area contributed by atoms with Crippen LogP contribution in [0.3, 0.4) is 0 Å². The molecule has 1 fully saturated rings. The number of anilines is 2. The zero-order valence-electron chi connectivity index (χ0n) is 12.5. The van der Waals surface area contributed by atoms with Gasteiger partial charge in [-0.05, 0) is 43.5 Å². The van der Waals surface area contributed by atoms with Gasteiger partial charge in [0.15, 0.2) is 0 Å². The van der Waals surface area contributed by atoms with Gasteiger partial charge in [0, 0.05) is 26.2 Å². The average Bonchev–Trinajstić information content (AvgIpc) is 2.40. The molecule has 106 valence electrons. The Balaban J connectivity index is 1.90. The Morgan fingerprint density at radius 3 is 2.47 bits per heavy atom. The number of hydrogen-bond acceptors (Lipinski definition) is 3. The first kappa shape index (κ1) is 14.2. The van der Waals surface area contributed by atoms with E-state index in [0.717, 1.165) is 37.8 Å². The first-order valence-corrected chi connectivity index (χ1v) is 7.39. The van der Waals surface area contributed by atoms with Crippen LogP contribution in [0.4, 0.5) is 11.4 Å². The molecule has 0 spiro atoms. The highest BCUT2D eigenvalue weighted by Gasteiger charge is 2.18. The van der Waals surface area contributed by atoms with Crippen LogP contribution in [0.15, 0.2) is 18.2 Å². The van der Waals surface area contributed by atoms with Gasteiger partial charge < -0.3 is 10.6 Å². The highest BCUT2D eigenvalue weighted by atomic mass is 15.3. The summed E-state index contributed by atoms with van der Waals surface area (Å²) in [5.41, 5.74) is 9.50. The molecule has 0 radical (unpaired) electrons. The predicted octanol–water partition coefficient (Wildman–Crippen LogP) is 2.75. The Kier molecular flexibility index (Phi) is 4.70. The maximum atomic E-state index is 6.10. The number of hydrogen-bond donors (Lipinski definition) is 1. The van der Waals surface area contributed by atoms with E-state index in [1.54, 1.807) is 0 Å². The Morgan fingerprint density at radius 1 is 1.16 bits per heavy atom. The number of nitrogen functional groups attached to an aromatic ring is 1. The van der Waals surface area contributed by atoms with E-state index < -0.39 is 0 Å². The van der Waals surface area contributed by atoms with Crippen molar-refractivity contribution in [3.8, 4) is 0 Å². The molecular formula is C16H27N3. The molecule has 0 aromatic heterocycles. The van der Waals surface area contributed by atoms with E-state index >= 15 is 0 Å². The van der Waals surface area contributed by atoms with Gasteiger partial charge in [-0.3, -0.25) is 4.90 Å². The van der Waals surface area contributed by atoms with E-state index in [1.165, 1.54) is 24.2 Å².